The Bertz CT molecular complexity index is 831. The Kier molecular flexibility index (Phi) is 3.04. The first-order valence-electron chi connectivity index (χ1n) is 6.86. The smallest absolute Gasteiger partial charge is 0.270 e. The average molecular weight is 316 g/mol. The van der Waals surface area contributed by atoms with Crippen molar-refractivity contribution in [3.8, 4) is 10.8 Å². The molecule has 0 spiro atoms. The lowest BCUT2D eigenvalue weighted by Crippen LogP contribution is -2.12. The minimum atomic E-state index is -0.277. The number of aryl methyl sites for hydroxylation is 1. The summed E-state index contributed by atoms with van der Waals surface area (Å²) in [5.74, 6) is 1.81. The van der Waals surface area contributed by atoms with Crippen LogP contribution in [0.15, 0.2) is 26.7 Å². The van der Waals surface area contributed by atoms with E-state index >= 15 is 0 Å². The van der Waals surface area contributed by atoms with Crippen LogP contribution in [0, 0.1) is 6.92 Å². The lowest BCUT2D eigenvalue weighted by molar-refractivity contribution is 0.102. The van der Waals surface area contributed by atoms with Gasteiger partial charge in [-0.3, -0.25) is 4.79 Å². The van der Waals surface area contributed by atoms with Crippen LogP contribution < -0.4 is 5.32 Å². The molecule has 8 heteroatoms. The number of carbonyl (C=O) groups excluding carboxylic acids is 1. The van der Waals surface area contributed by atoms with Crippen molar-refractivity contribution >= 4 is 22.9 Å². The third-order valence-corrected chi connectivity index (χ3v) is 4.39. The Balaban J connectivity index is 1.59. The minimum Gasteiger partial charge on any atom is -0.361 e. The third-order valence-electron chi connectivity index (χ3n) is 3.49. The fourth-order valence-corrected chi connectivity index (χ4v) is 2.88. The summed E-state index contributed by atoms with van der Waals surface area (Å²) in [5.41, 5.74) is 1.04. The molecule has 112 valence electrons. The van der Waals surface area contributed by atoms with Gasteiger partial charge in [0, 0.05) is 5.92 Å². The molecule has 0 aliphatic heterocycles. The van der Waals surface area contributed by atoms with Crippen molar-refractivity contribution in [3.63, 3.8) is 0 Å². The van der Waals surface area contributed by atoms with E-state index < -0.39 is 0 Å². The standard InChI is InChI=1S/C14H12N4O3S/c1-7-9(6-15-20-7)13(19)16-10-4-5-22-11(10)14-17-12(18-21-14)8-2-3-8/h4-6,8H,2-3H2,1H3,(H,16,19). The van der Waals surface area contributed by atoms with Gasteiger partial charge in [0.2, 0.25) is 0 Å². The van der Waals surface area contributed by atoms with Crippen molar-refractivity contribution in [1.82, 2.24) is 15.3 Å². The molecule has 0 aromatic carbocycles. The molecule has 0 radical (unpaired) electrons. The number of hydrogen-bond donors (Lipinski definition) is 1. The molecule has 1 N–H and O–H groups in total. The van der Waals surface area contributed by atoms with Gasteiger partial charge in [0.05, 0.1) is 11.9 Å². The zero-order chi connectivity index (χ0) is 15.1. The molecule has 3 aromatic heterocycles. The zero-order valence-corrected chi connectivity index (χ0v) is 12.5. The van der Waals surface area contributed by atoms with Gasteiger partial charge in [-0.25, -0.2) is 0 Å². The molecular formula is C14H12N4O3S. The van der Waals surface area contributed by atoms with Crippen molar-refractivity contribution in [2.75, 3.05) is 5.32 Å². The van der Waals surface area contributed by atoms with Crippen molar-refractivity contribution in [3.05, 3.63) is 34.8 Å². The van der Waals surface area contributed by atoms with Crippen molar-refractivity contribution in [1.29, 1.82) is 0 Å². The number of rotatable bonds is 4. The largest absolute Gasteiger partial charge is 0.361 e. The van der Waals surface area contributed by atoms with Gasteiger partial charge in [0.25, 0.3) is 11.8 Å². The average Bonchev–Trinajstić information content (AvgIpc) is 2.91. The molecule has 4 rings (SSSR count). The van der Waals surface area contributed by atoms with Gasteiger partial charge in [0.15, 0.2) is 5.82 Å². The number of anilines is 1. The maximum Gasteiger partial charge on any atom is 0.270 e. The number of hydrogen-bond acceptors (Lipinski definition) is 7. The van der Waals surface area contributed by atoms with Gasteiger partial charge in [0.1, 0.15) is 16.2 Å². The van der Waals surface area contributed by atoms with Crippen LogP contribution in [0.1, 0.15) is 40.7 Å². The number of thiophene rings is 1. The highest BCUT2D eigenvalue weighted by Gasteiger charge is 2.29. The van der Waals surface area contributed by atoms with Crippen molar-refractivity contribution < 1.29 is 13.8 Å². The molecule has 3 heterocycles. The Morgan fingerprint density at radius 2 is 2.27 bits per heavy atom. The summed E-state index contributed by atoms with van der Waals surface area (Å²) < 4.78 is 10.2. The van der Waals surface area contributed by atoms with E-state index in [0.29, 0.717) is 28.8 Å². The van der Waals surface area contributed by atoms with E-state index in [1.54, 1.807) is 6.92 Å². The fourth-order valence-electron chi connectivity index (χ4n) is 2.11. The van der Waals surface area contributed by atoms with Gasteiger partial charge in [-0.2, -0.15) is 4.98 Å². The lowest BCUT2D eigenvalue weighted by Gasteiger charge is -2.02. The molecule has 1 aliphatic rings. The number of nitrogens with one attached hydrogen (secondary N) is 1. The predicted molar refractivity (Wildman–Crippen MR) is 78.8 cm³/mol. The van der Waals surface area contributed by atoms with E-state index in [2.05, 4.69) is 20.6 Å². The number of aromatic nitrogens is 3. The summed E-state index contributed by atoms with van der Waals surface area (Å²) in [7, 11) is 0. The van der Waals surface area contributed by atoms with E-state index in [-0.39, 0.29) is 5.91 Å². The topological polar surface area (TPSA) is 94.1 Å². The van der Waals surface area contributed by atoms with Crippen molar-refractivity contribution in [2.45, 2.75) is 25.7 Å². The van der Waals surface area contributed by atoms with Crippen LogP contribution in [0.4, 0.5) is 5.69 Å². The quantitative estimate of drug-likeness (QED) is 0.794. The summed E-state index contributed by atoms with van der Waals surface area (Å²) >= 11 is 1.44. The SMILES string of the molecule is Cc1oncc1C(=O)Nc1ccsc1-c1nc(C2CC2)no1. The Hall–Kier alpha value is -2.48. The summed E-state index contributed by atoms with van der Waals surface area (Å²) in [4.78, 5) is 17.4. The Labute approximate surface area is 129 Å². The first-order valence-corrected chi connectivity index (χ1v) is 7.74. The Morgan fingerprint density at radius 1 is 1.41 bits per heavy atom. The lowest BCUT2D eigenvalue weighted by atomic mass is 10.2. The van der Waals surface area contributed by atoms with Gasteiger partial charge in [-0.1, -0.05) is 10.3 Å². The summed E-state index contributed by atoms with van der Waals surface area (Å²) in [6, 6.07) is 1.81. The molecule has 0 bridgehead atoms. The predicted octanol–water partition coefficient (Wildman–Crippen LogP) is 3.22. The van der Waals surface area contributed by atoms with Crippen LogP contribution in [0.3, 0.4) is 0 Å². The normalized spacial score (nSPS) is 14.2. The Morgan fingerprint density at radius 3 is 3.00 bits per heavy atom. The van der Waals surface area contributed by atoms with E-state index in [4.69, 9.17) is 9.05 Å². The first kappa shape index (κ1) is 13.2. The van der Waals surface area contributed by atoms with Crippen LogP contribution in [0.25, 0.3) is 10.8 Å². The second-order valence-corrected chi connectivity index (χ2v) is 6.06. The second kappa shape index (κ2) is 5.06. The van der Waals surface area contributed by atoms with Gasteiger partial charge in [-0.05, 0) is 31.2 Å². The third kappa shape index (κ3) is 2.31. The van der Waals surface area contributed by atoms with Crippen LogP contribution in [-0.2, 0) is 0 Å². The first-order chi connectivity index (χ1) is 10.7. The molecule has 1 fully saturated rings. The van der Waals surface area contributed by atoms with E-state index in [0.717, 1.165) is 23.5 Å². The fraction of sp³-hybridized carbons (Fsp3) is 0.286. The molecule has 1 amide bonds. The molecule has 0 unspecified atom stereocenters. The monoisotopic (exact) mass is 316 g/mol. The molecule has 1 aliphatic carbocycles. The number of carbonyl (C=O) groups is 1. The highest BCUT2D eigenvalue weighted by molar-refractivity contribution is 7.14. The van der Waals surface area contributed by atoms with Crippen molar-refractivity contribution in [2.24, 2.45) is 0 Å². The van der Waals surface area contributed by atoms with Gasteiger partial charge >= 0.3 is 0 Å². The summed E-state index contributed by atoms with van der Waals surface area (Å²) in [5, 5.41) is 12.3. The van der Waals surface area contributed by atoms with Crippen LogP contribution in [-0.4, -0.2) is 21.2 Å². The van der Waals surface area contributed by atoms with Gasteiger partial charge < -0.3 is 14.4 Å². The highest BCUT2D eigenvalue weighted by Crippen LogP contribution is 2.40. The van der Waals surface area contributed by atoms with Crippen LogP contribution in [0.2, 0.25) is 0 Å². The molecule has 3 aromatic rings. The minimum absolute atomic E-state index is 0.277. The highest BCUT2D eigenvalue weighted by atomic mass is 32.1. The molecule has 0 atom stereocenters. The molecular weight excluding hydrogens is 304 g/mol. The summed E-state index contributed by atoms with van der Waals surface area (Å²) in [6.45, 7) is 1.69. The zero-order valence-electron chi connectivity index (χ0n) is 11.7. The summed E-state index contributed by atoms with van der Waals surface area (Å²) in [6.07, 6.45) is 3.62. The number of amides is 1. The molecule has 7 nitrogen and oxygen atoms in total. The van der Waals surface area contributed by atoms with E-state index in [9.17, 15) is 4.79 Å². The maximum atomic E-state index is 12.2. The molecule has 22 heavy (non-hydrogen) atoms. The van der Waals surface area contributed by atoms with Crippen LogP contribution in [0.5, 0.6) is 0 Å². The van der Waals surface area contributed by atoms with E-state index in [1.165, 1.54) is 17.5 Å². The molecule has 1 saturated carbocycles. The van der Waals surface area contributed by atoms with E-state index in [1.807, 2.05) is 11.4 Å². The second-order valence-electron chi connectivity index (χ2n) is 5.15. The number of nitrogens with zero attached hydrogens (tertiary/aromatic N) is 3. The van der Waals surface area contributed by atoms with Crippen LogP contribution >= 0.6 is 11.3 Å². The maximum absolute atomic E-state index is 12.2. The van der Waals surface area contributed by atoms with Gasteiger partial charge in [-0.15, -0.1) is 11.3 Å². The molecule has 0 saturated heterocycles.